The highest BCUT2D eigenvalue weighted by Gasteiger charge is 2.35. The third-order valence-corrected chi connectivity index (χ3v) is 3.22. The van der Waals surface area contributed by atoms with Crippen LogP contribution < -0.4 is 10.9 Å². The van der Waals surface area contributed by atoms with Crippen molar-refractivity contribution in [3.63, 3.8) is 0 Å². The first-order valence-corrected chi connectivity index (χ1v) is 6.94. The lowest BCUT2D eigenvalue weighted by Gasteiger charge is -2.04. The first kappa shape index (κ1) is 16.4. The summed E-state index contributed by atoms with van der Waals surface area (Å²) in [5, 5.41) is 6.94. The normalized spacial score (nSPS) is 11.3. The molecule has 0 atom stereocenters. The topological polar surface area (TPSA) is 104 Å². The van der Waals surface area contributed by atoms with E-state index in [1.54, 1.807) is 29.4 Å². The molecule has 0 aliphatic carbocycles. The van der Waals surface area contributed by atoms with E-state index in [0.29, 0.717) is 5.69 Å². The number of aromatic amines is 2. The van der Waals surface area contributed by atoms with Crippen LogP contribution in [0.4, 0.5) is 19.1 Å². The van der Waals surface area contributed by atoms with E-state index in [2.05, 4.69) is 15.1 Å². The summed E-state index contributed by atoms with van der Waals surface area (Å²) >= 11 is 0. The van der Waals surface area contributed by atoms with Gasteiger partial charge in [-0.15, -0.1) is 5.10 Å². The molecule has 0 saturated carbocycles. The number of hydrogen-bond acceptors (Lipinski definition) is 4. The van der Waals surface area contributed by atoms with Gasteiger partial charge in [-0.25, -0.2) is 0 Å². The maximum Gasteiger partial charge on any atom is 0.451 e. The number of carbonyl (C=O) groups excluding carboxylic acids is 1. The lowest BCUT2D eigenvalue weighted by atomic mass is 10.1. The highest BCUT2D eigenvalue weighted by molar-refractivity contribution is 6.03. The Labute approximate surface area is 137 Å². The molecule has 0 aliphatic heterocycles. The Morgan fingerprint density at radius 1 is 1.08 bits per heavy atom. The second-order valence-electron chi connectivity index (χ2n) is 4.94. The SMILES string of the molecule is O=C(Nc1n[nH]c(C(F)(F)F)n1)c1ccc(-c2ccccc2)[nH]c1=O. The minimum absolute atomic E-state index is 0.280. The van der Waals surface area contributed by atoms with E-state index >= 15 is 0 Å². The average molecular weight is 349 g/mol. The molecule has 0 aliphatic rings. The molecule has 2 aromatic heterocycles. The number of pyridine rings is 1. The molecule has 0 radical (unpaired) electrons. The van der Waals surface area contributed by atoms with E-state index in [1.165, 1.54) is 12.1 Å². The van der Waals surface area contributed by atoms with Gasteiger partial charge in [-0.3, -0.25) is 20.0 Å². The summed E-state index contributed by atoms with van der Waals surface area (Å²) in [5.74, 6) is -2.85. The second kappa shape index (κ2) is 6.23. The van der Waals surface area contributed by atoms with E-state index < -0.39 is 29.4 Å². The van der Waals surface area contributed by atoms with E-state index in [4.69, 9.17) is 0 Å². The van der Waals surface area contributed by atoms with Gasteiger partial charge in [0.1, 0.15) is 5.56 Å². The molecule has 0 unspecified atom stereocenters. The minimum atomic E-state index is -4.72. The van der Waals surface area contributed by atoms with Crippen LogP contribution >= 0.6 is 0 Å². The minimum Gasteiger partial charge on any atom is -0.321 e. The van der Waals surface area contributed by atoms with Crippen LogP contribution in [0.1, 0.15) is 16.2 Å². The molecule has 128 valence electrons. The number of hydrogen-bond donors (Lipinski definition) is 3. The van der Waals surface area contributed by atoms with Gasteiger partial charge in [-0.2, -0.15) is 18.2 Å². The Kier molecular flexibility index (Phi) is 4.09. The maximum absolute atomic E-state index is 12.4. The molecule has 3 rings (SSSR count). The van der Waals surface area contributed by atoms with Gasteiger partial charge in [0, 0.05) is 5.69 Å². The number of rotatable bonds is 3. The first-order chi connectivity index (χ1) is 11.8. The molecule has 0 fully saturated rings. The second-order valence-corrected chi connectivity index (χ2v) is 4.94. The van der Waals surface area contributed by atoms with Crippen molar-refractivity contribution >= 4 is 11.9 Å². The molecule has 25 heavy (non-hydrogen) atoms. The highest BCUT2D eigenvalue weighted by Crippen LogP contribution is 2.26. The third kappa shape index (κ3) is 3.57. The standard InChI is InChI=1S/C15H10F3N5O2/c16-15(17,18)13-21-14(23-22-13)20-12(25)9-6-7-10(19-11(9)24)8-4-2-1-3-5-8/h1-7H,(H,19,24)(H2,20,21,22,23,25). The van der Waals surface area contributed by atoms with Crippen molar-refractivity contribution < 1.29 is 18.0 Å². The third-order valence-electron chi connectivity index (χ3n) is 3.22. The molecule has 10 heteroatoms. The van der Waals surface area contributed by atoms with Crippen LogP contribution in [-0.4, -0.2) is 26.1 Å². The summed E-state index contributed by atoms with van der Waals surface area (Å²) in [7, 11) is 0. The van der Waals surface area contributed by atoms with Gasteiger partial charge < -0.3 is 4.98 Å². The molecular formula is C15H10F3N5O2. The van der Waals surface area contributed by atoms with E-state index in [0.717, 1.165) is 5.56 Å². The zero-order valence-corrected chi connectivity index (χ0v) is 12.4. The summed E-state index contributed by atoms with van der Waals surface area (Å²) < 4.78 is 37.3. The molecule has 1 amide bonds. The number of benzene rings is 1. The Morgan fingerprint density at radius 3 is 2.40 bits per heavy atom. The van der Waals surface area contributed by atoms with E-state index in [-0.39, 0.29) is 5.56 Å². The van der Waals surface area contributed by atoms with Crippen molar-refractivity contribution in [3.05, 3.63) is 64.2 Å². The van der Waals surface area contributed by atoms with E-state index in [1.807, 2.05) is 11.4 Å². The van der Waals surface area contributed by atoms with Crippen LogP contribution in [0.2, 0.25) is 0 Å². The number of aromatic nitrogens is 4. The van der Waals surface area contributed by atoms with Gasteiger partial charge >= 0.3 is 6.18 Å². The molecule has 3 aromatic rings. The van der Waals surface area contributed by atoms with Crippen LogP contribution in [0.25, 0.3) is 11.3 Å². The highest BCUT2D eigenvalue weighted by atomic mass is 19.4. The van der Waals surface area contributed by atoms with Crippen molar-refractivity contribution in [3.8, 4) is 11.3 Å². The maximum atomic E-state index is 12.4. The van der Waals surface area contributed by atoms with Gasteiger partial charge in [0.15, 0.2) is 0 Å². The van der Waals surface area contributed by atoms with Crippen LogP contribution in [0.15, 0.2) is 47.3 Å². The average Bonchev–Trinajstić information content (AvgIpc) is 3.04. The number of halogens is 3. The molecule has 3 N–H and O–H groups in total. The van der Waals surface area contributed by atoms with Crippen LogP contribution in [0.3, 0.4) is 0 Å². The van der Waals surface area contributed by atoms with Crippen LogP contribution in [-0.2, 0) is 6.18 Å². The smallest absolute Gasteiger partial charge is 0.321 e. The number of alkyl halides is 3. The Morgan fingerprint density at radius 2 is 1.80 bits per heavy atom. The van der Waals surface area contributed by atoms with Crippen LogP contribution in [0, 0.1) is 0 Å². The number of amides is 1. The van der Waals surface area contributed by atoms with Crippen molar-refractivity contribution in [2.45, 2.75) is 6.18 Å². The number of nitrogens with zero attached hydrogens (tertiary/aromatic N) is 2. The zero-order valence-electron chi connectivity index (χ0n) is 12.4. The fourth-order valence-electron chi connectivity index (χ4n) is 2.05. The molecule has 0 saturated heterocycles. The Bertz CT molecular complexity index is 963. The monoisotopic (exact) mass is 349 g/mol. The van der Waals surface area contributed by atoms with Gasteiger partial charge in [0.25, 0.3) is 11.5 Å². The molecule has 0 spiro atoms. The molecular weight excluding hydrogens is 339 g/mol. The van der Waals surface area contributed by atoms with Crippen molar-refractivity contribution in [2.24, 2.45) is 0 Å². The quantitative estimate of drug-likeness (QED) is 0.675. The number of H-pyrrole nitrogens is 2. The van der Waals surface area contributed by atoms with Gasteiger partial charge in [0.05, 0.1) is 0 Å². The Hall–Kier alpha value is -3.43. The number of anilines is 1. The first-order valence-electron chi connectivity index (χ1n) is 6.94. The van der Waals surface area contributed by atoms with Gasteiger partial charge in [-0.05, 0) is 17.7 Å². The van der Waals surface area contributed by atoms with Crippen molar-refractivity contribution in [2.75, 3.05) is 5.32 Å². The molecule has 1 aromatic carbocycles. The predicted molar refractivity (Wildman–Crippen MR) is 81.8 cm³/mol. The zero-order chi connectivity index (χ0) is 18.0. The largest absolute Gasteiger partial charge is 0.451 e. The summed E-state index contributed by atoms with van der Waals surface area (Å²) in [6.07, 6.45) is -4.72. The summed E-state index contributed by atoms with van der Waals surface area (Å²) in [6.45, 7) is 0. The number of carbonyl (C=O) groups is 1. The molecule has 0 bridgehead atoms. The lowest BCUT2D eigenvalue weighted by molar-refractivity contribution is -0.144. The lowest BCUT2D eigenvalue weighted by Crippen LogP contribution is -2.23. The van der Waals surface area contributed by atoms with Gasteiger partial charge in [0.2, 0.25) is 11.8 Å². The van der Waals surface area contributed by atoms with Crippen LogP contribution in [0.5, 0.6) is 0 Å². The Balaban J connectivity index is 1.81. The summed E-state index contributed by atoms with van der Waals surface area (Å²) in [6, 6.07) is 11.7. The summed E-state index contributed by atoms with van der Waals surface area (Å²) in [4.78, 5) is 29.7. The molecule has 7 nitrogen and oxygen atoms in total. The fraction of sp³-hybridized carbons (Fsp3) is 0.0667. The van der Waals surface area contributed by atoms with E-state index in [9.17, 15) is 22.8 Å². The van der Waals surface area contributed by atoms with Gasteiger partial charge in [-0.1, -0.05) is 30.3 Å². The van der Waals surface area contributed by atoms with Crippen molar-refractivity contribution in [1.82, 2.24) is 20.2 Å². The molecule has 2 heterocycles. The van der Waals surface area contributed by atoms with Crippen molar-refractivity contribution in [1.29, 1.82) is 0 Å². The predicted octanol–water partition coefficient (Wildman–Crippen LogP) is 2.43. The summed E-state index contributed by atoms with van der Waals surface area (Å²) in [5.41, 5.74) is 0.276. The fourth-order valence-corrected chi connectivity index (χ4v) is 2.05. The number of nitrogens with one attached hydrogen (secondary N) is 3.